The van der Waals surface area contributed by atoms with Crippen LogP contribution in [0.5, 0.6) is 0 Å². The molecule has 0 aliphatic carbocycles. The van der Waals surface area contributed by atoms with Crippen LogP contribution in [0.25, 0.3) is 0 Å². The van der Waals surface area contributed by atoms with Gasteiger partial charge in [-0.3, -0.25) is 0 Å². The fourth-order valence-electron chi connectivity index (χ4n) is 2.20. The van der Waals surface area contributed by atoms with Crippen LogP contribution < -0.4 is 0 Å². The standard InChI is InChI=1S/C14H23NO3S/c1-5-12-7-8-14(9-13(12)10-16)19(17,18)15(6-2)11(3)4/h7-9,11,16H,5-6,10H2,1-4H3. The molecular formula is C14H23NO3S. The first-order chi connectivity index (χ1) is 8.88. The van der Waals surface area contributed by atoms with Crippen LogP contribution in [0.4, 0.5) is 0 Å². The molecule has 1 aromatic carbocycles. The van der Waals surface area contributed by atoms with E-state index in [4.69, 9.17) is 0 Å². The van der Waals surface area contributed by atoms with Crippen molar-refractivity contribution in [3.05, 3.63) is 29.3 Å². The summed E-state index contributed by atoms with van der Waals surface area (Å²) >= 11 is 0. The quantitative estimate of drug-likeness (QED) is 0.871. The number of nitrogens with zero attached hydrogens (tertiary/aromatic N) is 1. The highest BCUT2D eigenvalue weighted by atomic mass is 32.2. The van der Waals surface area contributed by atoms with Gasteiger partial charge >= 0.3 is 0 Å². The third-order valence-corrected chi connectivity index (χ3v) is 5.37. The first-order valence-corrected chi connectivity index (χ1v) is 8.06. The fourth-order valence-corrected chi connectivity index (χ4v) is 3.90. The topological polar surface area (TPSA) is 57.6 Å². The van der Waals surface area contributed by atoms with Crippen molar-refractivity contribution in [2.45, 2.75) is 51.7 Å². The molecule has 0 aliphatic rings. The number of sulfonamides is 1. The first kappa shape index (κ1) is 16.1. The second-order valence-electron chi connectivity index (χ2n) is 4.74. The van der Waals surface area contributed by atoms with Gasteiger partial charge in [0.05, 0.1) is 11.5 Å². The van der Waals surface area contributed by atoms with Crippen molar-refractivity contribution >= 4 is 10.0 Å². The van der Waals surface area contributed by atoms with Gasteiger partial charge in [-0.25, -0.2) is 8.42 Å². The lowest BCUT2D eigenvalue weighted by Gasteiger charge is -2.24. The van der Waals surface area contributed by atoms with Crippen molar-refractivity contribution in [3.63, 3.8) is 0 Å². The van der Waals surface area contributed by atoms with Crippen LogP contribution in [-0.4, -0.2) is 30.4 Å². The van der Waals surface area contributed by atoms with E-state index in [0.29, 0.717) is 12.1 Å². The summed E-state index contributed by atoms with van der Waals surface area (Å²) in [6, 6.07) is 4.91. The Morgan fingerprint density at radius 2 is 1.84 bits per heavy atom. The minimum atomic E-state index is -3.49. The number of aliphatic hydroxyl groups excluding tert-OH is 1. The van der Waals surface area contributed by atoms with E-state index in [0.717, 1.165) is 12.0 Å². The molecule has 1 aromatic rings. The smallest absolute Gasteiger partial charge is 0.243 e. The summed E-state index contributed by atoms with van der Waals surface area (Å²) in [6.07, 6.45) is 0.776. The number of benzene rings is 1. The van der Waals surface area contributed by atoms with Gasteiger partial charge in [0.1, 0.15) is 0 Å². The third kappa shape index (κ3) is 3.35. The lowest BCUT2D eigenvalue weighted by Crippen LogP contribution is -2.36. The maximum atomic E-state index is 12.5. The molecule has 0 spiro atoms. The summed E-state index contributed by atoms with van der Waals surface area (Å²) in [5.41, 5.74) is 1.66. The molecule has 0 heterocycles. The Morgan fingerprint density at radius 1 is 1.21 bits per heavy atom. The molecule has 0 amide bonds. The van der Waals surface area contributed by atoms with Gasteiger partial charge in [-0.2, -0.15) is 4.31 Å². The van der Waals surface area contributed by atoms with Crippen LogP contribution in [0.2, 0.25) is 0 Å². The zero-order valence-corrected chi connectivity index (χ0v) is 12.9. The monoisotopic (exact) mass is 285 g/mol. The molecule has 0 aliphatic heterocycles. The van der Waals surface area contributed by atoms with Crippen LogP contribution in [0.1, 0.15) is 38.8 Å². The number of aryl methyl sites for hydroxylation is 1. The number of aliphatic hydroxyl groups is 1. The van der Waals surface area contributed by atoms with Crippen molar-refractivity contribution in [1.29, 1.82) is 0 Å². The zero-order chi connectivity index (χ0) is 14.6. The number of hydrogen-bond donors (Lipinski definition) is 1. The molecule has 4 nitrogen and oxygen atoms in total. The van der Waals surface area contributed by atoms with Gasteiger partial charge in [0.2, 0.25) is 10.0 Å². The Hall–Kier alpha value is -0.910. The normalized spacial score (nSPS) is 12.4. The largest absolute Gasteiger partial charge is 0.392 e. The molecule has 19 heavy (non-hydrogen) atoms. The van der Waals surface area contributed by atoms with Gasteiger partial charge in [-0.15, -0.1) is 0 Å². The Kier molecular flexibility index (Phi) is 5.52. The molecule has 0 saturated carbocycles. The summed E-state index contributed by atoms with van der Waals surface area (Å²) in [5.74, 6) is 0. The van der Waals surface area contributed by atoms with Crippen molar-refractivity contribution < 1.29 is 13.5 Å². The fraction of sp³-hybridized carbons (Fsp3) is 0.571. The van der Waals surface area contributed by atoms with E-state index in [9.17, 15) is 13.5 Å². The Bertz CT molecular complexity index is 523. The number of hydrogen-bond acceptors (Lipinski definition) is 3. The molecule has 1 N–H and O–H groups in total. The van der Waals surface area contributed by atoms with Gasteiger partial charge in [0.25, 0.3) is 0 Å². The molecule has 0 saturated heterocycles. The van der Waals surface area contributed by atoms with Crippen LogP contribution in [0.15, 0.2) is 23.1 Å². The van der Waals surface area contributed by atoms with E-state index >= 15 is 0 Å². The first-order valence-electron chi connectivity index (χ1n) is 6.62. The molecule has 5 heteroatoms. The van der Waals surface area contributed by atoms with Crippen LogP contribution in [0, 0.1) is 0 Å². The molecule has 0 bridgehead atoms. The van der Waals surface area contributed by atoms with E-state index in [1.165, 1.54) is 4.31 Å². The second-order valence-corrected chi connectivity index (χ2v) is 6.63. The van der Waals surface area contributed by atoms with E-state index in [2.05, 4.69) is 0 Å². The Labute approximate surface area is 116 Å². The van der Waals surface area contributed by atoms with Crippen LogP contribution in [-0.2, 0) is 23.1 Å². The zero-order valence-electron chi connectivity index (χ0n) is 12.0. The van der Waals surface area contributed by atoms with Crippen LogP contribution in [0.3, 0.4) is 0 Å². The number of rotatable bonds is 6. The van der Waals surface area contributed by atoms with Gasteiger partial charge in [-0.1, -0.05) is 19.9 Å². The molecule has 1 rings (SSSR count). The molecule has 0 unspecified atom stereocenters. The average Bonchev–Trinajstić information content (AvgIpc) is 2.37. The molecule has 0 fully saturated rings. The SMILES string of the molecule is CCc1ccc(S(=O)(=O)N(CC)C(C)C)cc1CO. The highest BCUT2D eigenvalue weighted by Gasteiger charge is 2.25. The molecule has 0 atom stereocenters. The minimum Gasteiger partial charge on any atom is -0.392 e. The van der Waals surface area contributed by atoms with Crippen molar-refractivity contribution in [1.82, 2.24) is 4.31 Å². The van der Waals surface area contributed by atoms with Crippen molar-refractivity contribution in [3.8, 4) is 0 Å². The average molecular weight is 285 g/mol. The van der Waals surface area contributed by atoms with Crippen molar-refractivity contribution in [2.75, 3.05) is 6.54 Å². The van der Waals surface area contributed by atoms with Crippen molar-refractivity contribution in [2.24, 2.45) is 0 Å². The van der Waals surface area contributed by atoms with E-state index in [1.54, 1.807) is 18.2 Å². The minimum absolute atomic E-state index is 0.0848. The molecular weight excluding hydrogens is 262 g/mol. The summed E-state index contributed by atoms with van der Waals surface area (Å²) in [6.45, 7) is 7.81. The predicted molar refractivity (Wildman–Crippen MR) is 76.4 cm³/mol. The summed E-state index contributed by atoms with van der Waals surface area (Å²) in [7, 11) is -3.49. The van der Waals surface area contributed by atoms with E-state index in [1.807, 2.05) is 27.7 Å². The Morgan fingerprint density at radius 3 is 2.26 bits per heavy atom. The predicted octanol–water partition coefficient (Wildman–Crippen LogP) is 2.16. The highest BCUT2D eigenvalue weighted by molar-refractivity contribution is 7.89. The van der Waals surface area contributed by atoms with Gasteiger partial charge in [0, 0.05) is 12.6 Å². The summed E-state index contributed by atoms with van der Waals surface area (Å²) in [5, 5.41) is 9.34. The van der Waals surface area contributed by atoms with Gasteiger partial charge in [-0.05, 0) is 43.5 Å². The molecule has 0 aromatic heterocycles. The lowest BCUT2D eigenvalue weighted by atomic mass is 10.1. The maximum Gasteiger partial charge on any atom is 0.243 e. The third-order valence-electron chi connectivity index (χ3n) is 3.22. The van der Waals surface area contributed by atoms with Gasteiger partial charge < -0.3 is 5.11 Å². The lowest BCUT2D eigenvalue weighted by molar-refractivity contribution is 0.280. The Balaban J connectivity index is 3.29. The van der Waals surface area contributed by atoms with Crippen LogP contribution >= 0.6 is 0 Å². The maximum absolute atomic E-state index is 12.5. The molecule has 0 radical (unpaired) electrons. The highest BCUT2D eigenvalue weighted by Crippen LogP contribution is 2.21. The molecule has 108 valence electrons. The van der Waals surface area contributed by atoms with E-state index in [-0.39, 0.29) is 17.5 Å². The second kappa shape index (κ2) is 6.50. The van der Waals surface area contributed by atoms with Gasteiger partial charge in [0.15, 0.2) is 0 Å². The summed E-state index contributed by atoms with van der Waals surface area (Å²) in [4.78, 5) is 0.254. The van der Waals surface area contributed by atoms with E-state index < -0.39 is 10.0 Å². The summed E-state index contributed by atoms with van der Waals surface area (Å²) < 4.78 is 26.5.